The van der Waals surface area contributed by atoms with Gasteiger partial charge in [-0.15, -0.1) is 0 Å². The van der Waals surface area contributed by atoms with Crippen LogP contribution in [0, 0.1) is 17.2 Å². The molecule has 1 unspecified atom stereocenters. The van der Waals surface area contributed by atoms with Crippen molar-refractivity contribution in [3.63, 3.8) is 0 Å². The molecule has 0 saturated heterocycles. The Bertz CT molecular complexity index is 1130. The van der Waals surface area contributed by atoms with Crippen LogP contribution < -0.4 is 4.74 Å². The van der Waals surface area contributed by atoms with Crippen molar-refractivity contribution in [3.05, 3.63) is 107 Å². The van der Waals surface area contributed by atoms with Crippen molar-refractivity contribution in [1.29, 1.82) is 5.26 Å². The Hall–Kier alpha value is -3.84. The van der Waals surface area contributed by atoms with Gasteiger partial charge in [0.15, 0.2) is 0 Å². The van der Waals surface area contributed by atoms with Crippen molar-refractivity contribution >= 4 is 12.0 Å². The summed E-state index contributed by atoms with van der Waals surface area (Å²) in [5.74, 6) is 0.471. The molecule has 0 radical (unpaired) electrons. The summed E-state index contributed by atoms with van der Waals surface area (Å²) < 4.78 is 11.0. The standard InChI is InChI=1S/C31H33NO3/c1-34-31(33)23-26(22-28-16-7-8-17-29(28)24-32)19-20-27-15-9-10-18-30(27)35-21-11-3-6-14-25-12-4-2-5-13-25/h2,4-5,7-10,12-13,15-20,26H,3,6,11,14,21-23H2,1H3/b20-19+. The fourth-order valence-corrected chi connectivity index (χ4v) is 4.02. The highest BCUT2D eigenvalue weighted by Gasteiger charge is 2.15. The summed E-state index contributed by atoms with van der Waals surface area (Å²) in [6.07, 6.45) is 9.22. The molecule has 3 rings (SSSR count). The fourth-order valence-electron chi connectivity index (χ4n) is 4.02. The molecule has 0 aromatic heterocycles. The molecule has 0 N–H and O–H groups in total. The molecule has 0 aliphatic carbocycles. The molecule has 0 spiro atoms. The van der Waals surface area contributed by atoms with E-state index in [1.165, 1.54) is 12.7 Å². The van der Waals surface area contributed by atoms with Gasteiger partial charge in [0, 0.05) is 5.56 Å². The zero-order chi connectivity index (χ0) is 24.7. The van der Waals surface area contributed by atoms with Gasteiger partial charge in [-0.25, -0.2) is 0 Å². The molecule has 4 nitrogen and oxygen atoms in total. The number of carbonyl (C=O) groups excluding carboxylic acids is 1. The van der Waals surface area contributed by atoms with Crippen LogP contribution in [0.15, 0.2) is 84.9 Å². The summed E-state index contributed by atoms with van der Waals surface area (Å²) in [7, 11) is 1.40. The van der Waals surface area contributed by atoms with Crippen molar-refractivity contribution in [1.82, 2.24) is 0 Å². The van der Waals surface area contributed by atoms with Crippen molar-refractivity contribution < 1.29 is 14.3 Å². The summed E-state index contributed by atoms with van der Waals surface area (Å²) in [5, 5.41) is 9.42. The lowest BCUT2D eigenvalue weighted by molar-refractivity contribution is -0.141. The van der Waals surface area contributed by atoms with Crippen LogP contribution in [0.4, 0.5) is 0 Å². The summed E-state index contributed by atoms with van der Waals surface area (Å²) in [5.41, 5.74) is 3.91. The van der Waals surface area contributed by atoms with Crippen LogP contribution in [0.1, 0.15) is 47.9 Å². The van der Waals surface area contributed by atoms with Crippen LogP contribution in [0.3, 0.4) is 0 Å². The monoisotopic (exact) mass is 467 g/mol. The highest BCUT2D eigenvalue weighted by Crippen LogP contribution is 2.23. The SMILES string of the molecule is COC(=O)CC(/C=C/c1ccccc1OCCCCCc1ccccc1)Cc1ccccc1C#N. The number of ether oxygens (including phenoxy) is 2. The first-order chi connectivity index (χ1) is 17.2. The van der Waals surface area contributed by atoms with Gasteiger partial charge in [0.1, 0.15) is 5.75 Å². The van der Waals surface area contributed by atoms with E-state index in [-0.39, 0.29) is 18.3 Å². The Morgan fingerprint density at radius 3 is 2.49 bits per heavy atom. The second kappa shape index (κ2) is 14.4. The van der Waals surface area contributed by atoms with E-state index in [1.807, 2.05) is 60.7 Å². The Morgan fingerprint density at radius 1 is 0.943 bits per heavy atom. The number of hydrogen-bond donors (Lipinski definition) is 0. The third-order valence-electron chi connectivity index (χ3n) is 5.95. The zero-order valence-electron chi connectivity index (χ0n) is 20.4. The first kappa shape index (κ1) is 25.8. The number of allylic oxidation sites excluding steroid dienone is 1. The minimum absolute atomic E-state index is 0.0945. The smallest absolute Gasteiger partial charge is 0.306 e. The molecule has 0 heterocycles. The highest BCUT2D eigenvalue weighted by molar-refractivity contribution is 5.70. The predicted octanol–water partition coefficient (Wildman–Crippen LogP) is 6.79. The fraction of sp³-hybridized carbons (Fsp3) is 0.290. The number of benzene rings is 3. The third-order valence-corrected chi connectivity index (χ3v) is 5.95. The maximum absolute atomic E-state index is 12.0. The lowest BCUT2D eigenvalue weighted by atomic mass is 9.92. The molecule has 3 aromatic carbocycles. The summed E-state index contributed by atoms with van der Waals surface area (Å²) in [4.78, 5) is 12.0. The van der Waals surface area contributed by atoms with Crippen LogP contribution in [0.2, 0.25) is 0 Å². The Labute approximate surface area is 208 Å². The van der Waals surface area contributed by atoms with Crippen LogP contribution >= 0.6 is 0 Å². The van der Waals surface area contributed by atoms with E-state index in [1.54, 1.807) is 6.07 Å². The van der Waals surface area contributed by atoms with E-state index >= 15 is 0 Å². The van der Waals surface area contributed by atoms with Gasteiger partial charge >= 0.3 is 5.97 Å². The molecule has 0 aliphatic heterocycles. The molecular formula is C31H33NO3. The highest BCUT2D eigenvalue weighted by atomic mass is 16.5. The van der Waals surface area contributed by atoms with Crippen LogP contribution in [-0.2, 0) is 22.4 Å². The summed E-state index contributed by atoms with van der Waals surface area (Å²) in [6.45, 7) is 0.667. The number of aryl methyl sites for hydroxylation is 1. The number of hydrogen-bond acceptors (Lipinski definition) is 4. The molecule has 180 valence electrons. The number of unbranched alkanes of at least 4 members (excludes halogenated alkanes) is 2. The molecule has 35 heavy (non-hydrogen) atoms. The maximum Gasteiger partial charge on any atom is 0.306 e. The first-order valence-corrected chi connectivity index (χ1v) is 12.2. The van der Waals surface area contributed by atoms with Gasteiger partial charge in [0.2, 0.25) is 0 Å². The third kappa shape index (κ3) is 8.79. The average Bonchev–Trinajstić information content (AvgIpc) is 2.90. The van der Waals surface area contributed by atoms with Crippen molar-refractivity contribution in [2.75, 3.05) is 13.7 Å². The van der Waals surface area contributed by atoms with Crippen molar-refractivity contribution in [3.8, 4) is 11.8 Å². The van der Waals surface area contributed by atoms with Gasteiger partial charge in [0.05, 0.1) is 31.8 Å². The van der Waals surface area contributed by atoms with E-state index < -0.39 is 0 Å². The molecule has 0 amide bonds. The van der Waals surface area contributed by atoms with Gasteiger partial charge in [-0.1, -0.05) is 78.9 Å². The van der Waals surface area contributed by atoms with Crippen molar-refractivity contribution in [2.45, 2.75) is 38.5 Å². The van der Waals surface area contributed by atoms with Crippen LogP contribution in [0.25, 0.3) is 6.08 Å². The van der Waals surface area contributed by atoms with Gasteiger partial charge in [-0.05, 0) is 61.3 Å². The summed E-state index contributed by atoms with van der Waals surface area (Å²) in [6, 6.07) is 28.2. The number of para-hydroxylation sites is 1. The topological polar surface area (TPSA) is 59.3 Å². The molecule has 3 aromatic rings. The molecule has 0 saturated carbocycles. The zero-order valence-corrected chi connectivity index (χ0v) is 20.4. The average molecular weight is 468 g/mol. The normalized spacial score (nSPS) is 11.7. The second-order valence-corrected chi connectivity index (χ2v) is 8.56. The predicted molar refractivity (Wildman–Crippen MR) is 140 cm³/mol. The number of rotatable bonds is 13. The number of carbonyl (C=O) groups is 1. The maximum atomic E-state index is 12.0. The van der Waals surface area contributed by atoms with Gasteiger partial charge < -0.3 is 9.47 Å². The molecular weight excluding hydrogens is 434 g/mol. The molecule has 4 heteroatoms. The Kier molecular flexibility index (Phi) is 10.6. The quantitative estimate of drug-likeness (QED) is 0.205. The first-order valence-electron chi connectivity index (χ1n) is 12.2. The molecule has 0 fully saturated rings. The van der Waals surface area contributed by atoms with Crippen molar-refractivity contribution in [2.24, 2.45) is 5.92 Å². The van der Waals surface area contributed by atoms with Gasteiger partial charge in [0.25, 0.3) is 0 Å². The van der Waals surface area contributed by atoms with Gasteiger partial charge in [-0.3, -0.25) is 4.79 Å². The minimum Gasteiger partial charge on any atom is -0.493 e. The summed E-state index contributed by atoms with van der Waals surface area (Å²) >= 11 is 0. The van der Waals surface area contributed by atoms with E-state index in [0.29, 0.717) is 18.6 Å². The van der Waals surface area contributed by atoms with E-state index in [0.717, 1.165) is 42.6 Å². The molecule has 1 atom stereocenters. The number of nitrogens with zero attached hydrogens (tertiary/aromatic N) is 1. The Balaban J connectivity index is 1.58. The van der Waals surface area contributed by atoms with E-state index in [9.17, 15) is 10.1 Å². The molecule has 0 aliphatic rings. The van der Waals surface area contributed by atoms with E-state index in [4.69, 9.17) is 9.47 Å². The second-order valence-electron chi connectivity index (χ2n) is 8.56. The largest absolute Gasteiger partial charge is 0.493 e. The van der Waals surface area contributed by atoms with Crippen LogP contribution in [0.5, 0.6) is 5.75 Å². The minimum atomic E-state index is -0.269. The number of methoxy groups -OCH3 is 1. The number of esters is 1. The van der Waals surface area contributed by atoms with E-state index in [2.05, 4.69) is 30.3 Å². The van der Waals surface area contributed by atoms with Gasteiger partial charge in [-0.2, -0.15) is 5.26 Å². The Morgan fingerprint density at radius 2 is 1.69 bits per heavy atom. The lowest BCUT2D eigenvalue weighted by Gasteiger charge is -2.14. The number of nitriles is 1. The lowest BCUT2D eigenvalue weighted by Crippen LogP contribution is -2.11. The molecule has 0 bridgehead atoms. The van der Waals surface area contributed by atoms with Crippen LogP contribution in [-0.4, -0.2) is 19.7 Å².